The van der Waals surface area contributed by atoms with Crippen LogP contribution in [-0.2, 0) is 80.9 Å². The second kappa shape index (κ2) is 23.0. The van der Waals surface area contributed by atoms with E-state index in [1.807, 2.05) is 41.3 Å². The molecule has 0 bridgehead atoms. The smallest absolute Gasteiger partial charge is 0.243 e. The quantitative estimate of drug-likeness (QED) is 0.0887. The third kappa shape index (κ3) is 14.0. The summed E-state index contributed by atoms with van der Waals surface area (Å²) in [5.74, 6) is -1.01. The second-order valence-corrected chi connectivity index (χ2v) is 27.0. The molecule has 2 amide bonds. The zero-order chi connectivity index (χ0) is 51.9. The van der Waals surface area contributed by atoms with Crippen LogP contribution in [0.25, 0.3) is 0 Å². The van der Waals surface area contributed by atoms with Gasteiger partial charge in [0.1, 0.15) is 0 Å². The molecule has 3 saturated heterocycles. The van der Waals surface area contributed by atoms with Gasteiger partial charge in [0, 0.05) is 69.7 Å². The zero-order valence-corrected chi connectivity index (χ0v) is 44.2. The van der Waals surface area contributed by atoms with E-state index in [1.165, 1.54) is 20.7 Å². The van der Waals surface area contributed by atoms with E-state index < -0.39 is 46.0 Å². The highest BCUT2D eigenvalue weighted by molar-refractivity contribution is 7.92. The van der Waals surface area contributed by atoms with Gasteiger partial charge in [-0.3, -0.25) is 9.59 Å². The third-order valence-corrected chi connectivity index (χ3v) is 19.7. The summed E-state index contributed by atoms with van der Waals surface area (Å²) in [6, 6.07) is 29.2. The number of likely N-dealkylation sites (tertiary alicyclic amines) is 1. The van der Waals surface area contributed by atoms with Crippen LogP contribution in [0.15, 0.2) is 131 Å². The Morgan fingerprint density at radius 1 is 0.653 bits per heavy atom. The van der Waals surface area contributed by atoms with Gasteiger partial charge in [0.2, 0.25) is 51.9 Å². The Bertz CT molecular complexity index is 3050. The van der Waals surface area contributed by atoms with Crippen LogP contribution in [0.4, 0.5) is 0 Å². The normalized spacial score (nSPS) is 18.8. The fraction of sp³-hybridized carbons (Fsp3) is 0.423. The minimum Gasteiger partial charge on any atom is -0.352 e. The number of hydrogen-bond donors (Lipinski definition) is 3. The Morgan fingerprint density at radius 3 is 1.68 bits per heavy atom. The molecule has 3 heterocycles. The molecule has 388 valence electrons. The Labute approximate surface area is 426 Å². The molecule has 4 aromatic carbocycles. The number of carbonyl (C=O) groups excluding carboxylic acids is 2. The summed E-state index contributed by atoms with van der Waals surface area (Å²) >= 11 is 0. The van der Waals surface area contributed by atoms with Gasteiger partial charge in [-0.15, -0.1) is 0 Å². The molecule has 0 aromatic heterocycles. The first-order valence-electron chi connectivity index (χ1n) is 24.2. The molecule has 0 aliphatic carbocycles. The average molecular weight is 1060 g/mol. The van der Waals surface area contributed by atoms with Crippen molar-refractivity contribution in [3.63, 3.8) is 0 Å². The molecule has 72 heavy (non-hydrogen) atoms. The third-order valence-electron chi connectivity index (χ3n) is 13.9. The first kappa shape index (κ1) is 54.7. The maximum absolute atomic E-state index is 14.1. The van der Waals surface area contributed by atoms with E-state index in [9.17, 15) is 43.3 Å². The van der Waals surface area contributed by atoms with E-state index in [0.717, 1.165) is 57.0 Å². The minimum absolute atomic E-state index is 0.0139. The van der Waals surface area contributed by atoms with Gasteiger partial charge in [-0.25, -0.2) is 43.1 Å². The SMILES string of the molecule is C=CS(=O)(=O)NCC1CCN(S(=O)(=O)c2ccc(C(Cc3cccc(CC(C)(C)c4ccc(CC(=O)NCc5ccc(S(=O)(=O)N6CC[C@H](CNS(=O)(=O)C=C)C6)cc5)cc4)c3)C(=O)N3CCCC3)cc2)C1. The average Bonchev–Trinajstić information content (AvgIpc) is 4.19. The van der Waals surface area contributed by atoms with Crippen LogP contribution in [0.2, 0.25) is 0 Å². The molecule has 0 saturated carbocycles. The standard InChI is InChI=1S/C52H66N6O10S4/c1-5-69(61,62)54-35-43-24-28-57(37-43)71(65,66)47-20-14-40(15-21-47)34-53-50(59)32-39-12-18-46(19-13-39)52(3,4)33-42-11-9-10-41(30-42)31-49(51(60)56-26-7-8-27-56)45-16-22-48(23-17-45)72(67,68)58-29-25-44(38-58)36-55-70(63,64)6-2/h5-6,9-23,30,43-44,49,54-55H,1-2,7-8,24-29,31-38H2,3-4H3,(H,53,59)/t43-,44?,49?/m1/s1. The van der Waals surface area contributed by atoms with E-state index in [2.05, 4.69) is 53.9 Å². The first-order chi connectivity index (χ1) is 34.1. The lowest BCUT2D eigenvalue weighted by Gasteiger charge is -2.27. The van der Waals surface area contributed by atoms with Gasteiger partial charge in [0.25, 0.3) is 0 Å². The van der Waals surface area contributed by atoms with Crippen molar-refractivity contribution in [2.45, 2.75) is 86.5 Å². The van der Waals surface area contributed by atoms with Crippen LogP contribution in [0.3, 0.4) is 0 Å². The fourth-order valence-corrected chi connectivity index (χ4v) is 13.9. The van der Waals surface area contributed by atoms with Crippen molar-refractivity contribution in [1.82, 2.24) is 28.3 Å². The maximum atomic E-state index is 14.1. The lowest BCUT2D eigenvalue weighted by atomic mass is 9.78. The number of amides is 2. The van der Waals surface area contributed by atoms with Crippen molar-refractivity contribution in [3.05, 3.63) is 154 Å². The van der Waals surface area contributed by atoms with Gasteiger partial charge >= 0.3 is 0 Å². The summed E-state index contributed by atoms with van der Waals surface area (Å²) in [7, 11) is -14.8. The number of benzene rings is 4. The maximum Gasteiger partial charge on any atom is 0.243 e. The van der Waals surface area contributed by atoms with Gasteiger partial charge in [-0.05, 0) is 113 Å². The first-order valence-corrected chi connectivity index (χ1v) is 30.2. The van der Waals surface area contributed by atoms with Crippen molar-refractivity contribution in [2.75, 3.05) is 52.4 Å². The summed E-state index contributed by atoms with van der Waals surface area (Å²) < 4.78 is 109. The van der Waals surface area contributed by atoms with Crippen LogP contribution in [0.1, 0.15) is 78.8 Å². The summed E-state index contributed by atoms with van der Waals surface area (Å²) in [5.41, 5.74) is 5.20. The minimum atomic E-state index is -3.85. The molecular weight excluding hydrogens is 997 g/mol. The Balaban J connectivity index is 0.928. The molecule has 4 aromatic rings. The summed E-state index contributed by atoms with van der Waals surface area (Å²) in [4.78, 5) is 29.3. The van der Waals surface area contributed by atoms with E-state index in [1.54, 1.807) is 36.4 Å². The van der Waals surface area contributed by atoms with E-state index in [4.69, 9.17) is 0 Å². The van der Waals surface area contributed by atoms with E-state index in [0.29, 0.717) is 38.8 Å². The number of nitrogens with one attached hydrogen (secondary N) is 3. The molecule has 3 atom stereocenters. The van der Waals surface area contributed by atoms with Crippen LogP contribution in [0.5, 0.6) is 0 Å². The van der Waals surface area contributed by atoms with Crippen molar-refractivity contribution in [1.29, 1.82) is 0 Å². The largest absolute Gasteiger partial charge is 0.352 e. The molecule has 3 fully saturated rings. The topological polar surface area (TPSA) is 217 Å². The molecule has 20 heteroatoms. The summed E-state index contributed by atoms with van der Waals surface area (Å²) in [6.07, 6.45) is 4.22. The Hall–Kier alpha value is -5.06. The molecule has 3 aliphatic heterocycles. The number of nitrogens with zero attached hydrogens (tertiary/aromatic N) is 3. The molecule has 0 radical (unpaired) electrons. The van der Waals surface area contributed by atoms with Gasteiger partial charge in [0.05, 0.1) is 22.1 Å². The number of rotatable bonds is 23. The van der Waals surface area contributed by atoms with Crippen molar-refractivity contribution >= 4 is 51.9 Å². The van der Waals surface area contributed by atoms with Crippen molar-refractivity contribution < 1.29 is 43.3 Å². The molecule has 3 N–H and O–H groups in total. The van der Waals surface area contributed by atoms with Crippen LogP contribution >= 0.6 is 0 Å². The van der Waals surface area contributed by atoms with Crippen LogP contribution in [0, 0.1) is 11.8 Å². The van der Waals surface area contributed by atoms with Gasteiger partial charge in [-0.1, -0.05) is 99.8 Å². The summed E-state index contributed by atoms with van der Waals surface area (Å²) in [5, 5.41) is 4.58. The molecule has 3 aliphatic rings. The van der Waals surface area contributed by atoms with Crippen LogP contribution < -0.4 is 14.8 Å². The molecule has 7 rings (SSSR count). The molecule has 2 unspecified atom stereocenters. The Morgan fingerprint density at radius 2 is 1.15 bits per heavy atom. The van der Waals surface area contributed by atoms with E-state index in [-0.39, 0.29) is 91.1 Å². The van der Waals surface area contributed by atoms with Gasteiger partial charge in [0.15, 0.2) is 0 Å². The lowest BCUT2D eigenvalue weighted by molar-refractivity contribution is -0.131. The van der Waals surface area contributed by atoms with Crippen molar-refractivity contribution in [3.8, 4) is 0 Å². The highest BCUT2D eigenvalue weighted by Gasteiger charge is 2.35. The van der Waals surface area contributed by atoms with Crippen LogP contribution in [-0.4, -0.2) is 111 Å². The predicted octanol–water partition coefficient (Wildman–Crippen LogP) is 5.16. The monoisotopic (exact) mass is 1060 g/mol. The fourth-order valence-electron chi connectivity index (χ4n) is 9.64. The number of sulfonamides is 4. The van der Waals surface area contributed by atoms with Gasteiger partial charge in [-0.2, -0.15) is 8.61 Å². The summed E-state index contributed by atoms with van der Waals surface area (Å²) in [6.45, 7) is 13.7. The molecular formula is C52H66N6O10S4. The molecule has 0 spiro atoms. The Kier molecular flexibility index (Phi) is 17.5. The van der Waals surface area contributed by atoms with E-state index >= 15 is 0 Å². The number of carbonyl (C=O) groups is 2. The van der Waals surface area contributed by atoms with Crippen molar-refractivity contribution in [2.24, 2.45) is 11.8 Å². The number of hydrogen-bond acceptors (Lipinski definition) is 10. The zero-order valence-electron chi connectivity index (χ0n) is 40.9. The lowest BCUT2D eigenvalue weighted by Crippen LogP contribution is -2.34. The second-order valence-electron chi connectivity index (χ2n) is 19.7. The predicted molar refractivity (Wildman–Crippen MR) is 278 cm³/mol. The highest BCUT2D eigenvalue weighted by atomic mass is 32.2. The molecule has 16 nitrogen and oxygen atoms in total. The highest BCUT2D eigenvalue weighted by Crippen LogP contribution is 2.32. The van der Waals surface area contributed by atoms with Gasteiger partial charge < -0.3 is 10.2 Å².